The van der Waals surface area contributed by atoms with E-state index < -0.39 is 11.8 Å². The Balaban J connectivity index is 1.67. The molecule has 0 bridgehead atoms. The lowest BCUT2D eigenvalue weighted by atomic mass is 9.90. The molecule has 1 heterocycles. The first-order valence-corrected chi connectivity index (χ1v) is 9.72. The van der Waals surface area contributed by atoms with Gasteiger partial charge in [-0.2, -0.15) is 13.2 Å². The Kier molecular flexibility index (Phi) is 4.61. The van der Waals surface area contributed by atoms with Crippen molar-refractivity contribution < 1.29 is 23.1 Å². The number of piperazine rings is 1. The van der Waals surface area contributed by atoms with Gasteiger partial charge in [-0.15, -0.1) is 0 Å². The number of aliphatic hydroxyl groups is 1. The van der Waals surface area contributed by atoms with Gasteiger partial charge in [-0.1, -0.05) is 44.2 Å². The number of anilines is 1. The van der Waals surface area contributed by atoms with Gasteiger partial charge < -0.3 is 14.9 Å². The van der Waals surface area contributed by atoms with Crippen LogP contribution in [0, 0.1) is 5.92 Å². The quantitative estimate of drug-likeness (QED) is 0.829. The highest BCUT2D eigenvalue weighted by molar-refractivity contribution is 5.82. The van der Waals surface area contributed by atoms with Crippen molar-refractivity contribution in [3.63, 3.8) is 0 Å². The zero-order valence-corrected chi connectivity index (χ0v) is 16.3. The first kappa shape index (κ1) is 19.8. The number of fused-ring (bicyclic) bond motifs is 3. The zero-order chi connectivity index (χ0) is 21.0. The second-order valence-electron chi connectivity index (χ2n) is 7.95. The molecule has 2 aromatic carbocycles. The van der Waals surface area contributed by atoms with Gasteiger partial charge in [0.1, 0.15) is 0 Å². The van der Waals surface area contributed by atoms with Crippen molar-refractivity contribution in [2.24, 2.45) is 5.92 Å². The number of carbonyl (C=O) groups is 1. The van der Waals surface area contributed by atoms with Gasteiger partial charge in [0.15, 0.2) is 0 Å². The molecule has 29 heavy (non-hydrogen) atoms. The predicted octanol–water partition coefficient (Wildman–Crippen LogP) is 3.77. The minimum Gasteiger partial charge on any atom is -0.372 e. The standard InChI is InChI=1S/C22H23F3N2O2/c1-14(2)20(28)27-11-9-26(10-12-27)15-7-8-17-16-5-3-4-6-18(16)21(29,19(17)13-15)22(23,24)25/h3-8,13-14,29H,9-12H2,1-2H3. The number of halogens is 3. The highest BCUT2D eigenvalue weighted by atomic mass is 19.4. The van der Waals surface area contributed by atoms with Gasteiger partial charge in [-0.3, -0.25) is 4.79 Å². The van der Waals surface area contributed by atoms with Crippen molar-refractivity contribution in [1.82, 2.24) is 4.90 Å². The van der Waals surface area contributed by atoms with Gasteiger partial charge in [-0.05, 0) is 23.3 Å². The number of benzene rings is 2. The molecular weight excluding hydrogens is 381 g/mol. The molecule has 4 nitrogen and oxygen atoms in total. The van der Waals surface area contributed by atoms with E-state index in [4.69, 9.17) is 0 Å². The molecule has 1 amide bonds. The van der Waals surface area contributed by atoms with Gasteiger partial charge in [0.25, 0.3) is 0 Å². The molecule has 1 unspecified atom stereocenters. The highest BCUT2D eigenvalue weighted by Gasteiger charge is 2.60. The van der Waals surface area contributed by atoms with Crippen molar-refractivity contribution in [3.8, 4) is 11.1 Å². The Morgan fingerprint density at radius 2 is 1.62 bits per heavy atom. The molecular formula is C22H23F3N2O2. The molecule has 0 spiro atoms. The van der Waals surface area contributed by atoms with Crippen molar-refractivity contribution in [3.05, 3.63) is 53.6 Å². The van der Waals surface area contributed by atoms with Crippen LogP contribution in [0.2, 0.25) is 0 Å². The molecule has 2 aromatic rings. The maximum atomic E-state index is 14.0. The molecule has 1 N–H and O–H groups in total. The van der Waals surface area contributed by atoms with Crippen LogP contribution in [-0.4, -0.2) is 48.3 Å². The van der Waals surface area contributed by atoms with Crippen molar-refractivity contribution in [2.45, 2.75) is 25.6 Å². The Bertz CT molecular complexity index is 949. The summed E-state index contributed by atoms with van der Waals surface area (Å²) in [5.41, 5.74) is -1.86. The van der Waals surface area contributed by atoms with Crippen LogP contribution in [-0.2, 0) is 10.4 Å². The van der Waals surface area contributed by atoms with E-state index in [1.165, 1.54) is 18.2 Å². The van der Waals surface area contributed by atoms with E-state index in [9.17, 15) is 23.1 Å². The molecule has 0 aromatic heterocycles. The number of nitrogens with zero attached hydrogens (tertiary/aromatic N) is 2. The summed E-state index contributed by atoms with van der Waals surface area (Å²) in [7, 11) is 0. The van der Waals surface area contributed by atoms with Gasteiger partial charge in [0, 0.05) is 48.9 Å². The Morgan fingerprint density at radius 3 is 2.24 bits per heavy atom. The lowest BCUT2D eigenvalue weighted by Crippen LogP contribution is -2.50. The van der Waals surface area contributed by atoms with Crippen molar-refractivity contribution >= 4 is 11.6 Å². The van der Waals surface area contributed by atoms with Gasteiger partial charge in [0.05, 0.1) is 0 Å². The average molecular weight is 404 g/mol. The third-order valence-corrected chi connectivity index (χ3v) is 5.86. The molecule has 4 rings (SSSR count). The molecule has 1 saturated heterocycles. The zero-order valence-electron chi connectivity index (χ0n) is 16.3. The molecule has 1 atom stereocenters. The van der Waals surface area contributed by atoms with E-state index in [0.29, 0.717) is 43.0 Å². The third-order valence-electron chi connectivity index (χ3n) is 5.86. The number of rotatable bonds is 2. The number of hydrogen-bond acceptors (Lipinski definition) is 3. The first-order valence-electron chi connectivity index (χ1n) is 9.72. The van der Waals surface area contributed by atoms with E-state index >= 15 is 0 Å². The molecule has 0 radical (unpaired) electrons. The lowest BCUT2D eigenvalue weighted by Gasteiger charge is -2.37. The van der Waals surface area contributed by atoms with E-state index in [-0.39, 0.29) is 23.0 Å². The molecule has 154 valence electrons. The summed E-state index contributed by atoms with van der Waals surface area (Å²) in [5.74, 6) is 0.00217. The maximum absolute atomic E-state index is 14.0. The van der Waals surface area contributed by atoms with Crippen LogP contribution in [0.4, 0.5) is 18.9 Å². The Labute approximate surface area is 167 Å². The summed E-state index contributed by atoms with van der Waals surface area (Å²) >= 11 is 0. The Hall–Kier alpha value is -2.54. The number of amides is 1. The summed E-state index contributed by atoms with van der Waals surface area (Å²) in [4.78, 5) is 15.9. The molecule has 1 fully saturated rings. The van der Waals surface area contributed by atoms with Crippen LogP contribution in [0.3, 0.4) is 0 Å². The Morgan fingerprint density at radius 1 is 1.00 bits per heavy atom. The van der Waals surface area contributed by atoms with Gasteiger partial charge in [0.2, 0.25) is 11.5 Å². The second kappa shape index (κ2) is 6.76. The summed E-state index contributed by atoms with van der Waals surface area (Å²) in [6, 6.07) is 11.0. The SMILES string of the molecule is CC(C)C(=O)N1CCN(c2ccc3c(c2)C(O)(C(F)(F)F)c2ccccc2-3)CC1. The van der Waals surface area contributed by atoms with E-state index in [1.807, 2.05) is 18.7 Å². The minimum absolute atomic E-state index is 0.0816. The van der Waals surface area contributed by atoms with Gasteiger partial charge in [-0.25, -0.2) is 0 Å². The largest absolute Gasteiger partial charge is 0.425 e. The number of alkyl halides is 3. The molecule has 1 aliphatic carbocycles. The van der Waals surface area contributed by atoms with Crippen molar-refractivity contribution in [1.29, 1.82) is 0 Å². The normalized spacial score (nSPS) is 21.3. The summed E-state index contributed by atoms with van der Waals surface area (Å²) < 4.78 is 42.0. The van der Waals surface area contributed by atoms with E-state index in [1.54, 1.807) is 29.2 Å². The van der Waals surface area contributed by atoms with E-state index in [2.05, 4.69) is 0 Å². The molecule has 2 aliphatic rings. The maximum Gasteiger partial charge on any atom is 0.425 e. The van der Waals surface area contributed by atoms with Crippen molar-refractivity contribution in [2.75, 3.05) is 31.1 Å². The molecule has 0 saturated carbocycles. The van der Waals surface area contributed by atoms with E-state index in [0.717, 1.165) is 0 Å². The fourth-order valence-corrected chi connectivity index (χ4v) is 4.30. The van der Waals surface area contributed by atoms with Crippen LogP contribution in [0.5, 0.6) is 0 Å². The van der Waals surface area contributed by atoms with Crippen LogP contribution in [0.15, 0.2) is 42.5 Å². The minimum atomic E-state index is -4.84. The number of hydrogen-bond donors (Lipinski definition) is 1. The third kappa shape index (κ3) is 2.99. The molecule has 7 heteroatoms. The smallest absolute Gasteiger partial charge is 0.372 e. The monoisotopic (exact) mass is 404 g/mol. The molecule has 1 aliphatic heterocycles. The highest BCUT2D eigenvalue weighted by Crippen LogP contribution is 2.55. The predicted molar refractivity (Wildman–Crippen MR) is 105 cm³/mol. The topological polar surface area (TPSA) is 43.8 Å². The summed E-state index contributed by atoms with van der Waals surface area (Å²) in [6.45, 7) is 5.83. The fraction of sp³-hybridized carbons (Fsp3) is 0.409. The fourth-order valence-electron chi connectivity index (χ4n) is 4.30. The van der Waals surface area contributed by atoms with Crippen LogP contribution in [0.25, 0.3) is 11.1 Å². The van der Waals surface area contributed by atoms with Crippen LogP contribution < -0.4 is 4.90 Å². The number of carbonyl (C=O) groups excluding carboxylic acids is 1. The first-order chi connectivity index (χ1) is 13.6. The average Bonchev–Trinajstić information content (AvgIpc) is 2.97. The lowest BCUT2D eigenvalue weighted by molar-refractivity contribution is -0.246. The summed E-state index contributed by atoms with van der Waals surface area (Å²) in [5, 5.41) is 10.8. The van der Waals surface area contributed by atoms with Crippen LogP contribution >= 0.6 is 0 Å². The van der Waals surface area contributed by atoms with Gasteiger partial charge >= 0.3 is 6.18 Å². The summed E-state index contributed by atoms with van der Waals surface area (Å²) in [6.07, 6.45) is -4.84. The second-order valence-corrected chi connectivity index (χ2v) is 7.95. The van der Waals surface area contributed by atoms with Crippen LogP contribution in [0.1, 0.15) is 25.0 Å².